The van der Waals surface area contributed by atoms with E-state index in [0.29, 0.717) is 55.4 Å². The van der Waals surface area contributed by atoms with Crippen molar-refractivity contribution in [1.82, 2.24) is 24.2 Å². The van der Waals surface area contributed by atoms with Crippen molar-refractivity contribution in [1.29, 1.82) is 0 Å². The first kappa shape index (κ1) is 21.3. The predicted octanol–water partition coefficient (Wildman–Crippen LogP) is 2.60. The molecule has 0 bridgehead atoms. The van der Waals surface area contributed by atoms with Crippen molar-refractivity contribution >= 4 is 34.5 Å². The Morgan fingerprint density at radius 2 is 1.94 bits per heavy atom. The van der Waals surface area contributed by atoms with Crippen LogP contribution in [-0.4, -0.2) is 56.3 Å². The van der Waals surface area contributed by atoms with E-state index in [1.54, 1.807) is 21.2 Å². The maximum absolute atomic E-state index is 14.2. The lowest BCUT2D eigenvalue weighted by Gasteiger charge is -2.36. The number of aryl methyl sites for hydroxylation is 2. The molecule has 1 aliphatic heterocycles. The SMILES string of the molecule is CCCn1c(N2CCN(C(=O)c3c(F)cccc3Cl)CC2)nc2c(C)nn(C)c2c1=O. The van der Waals surface area contributed by atoms with Gasteiger partial charge in [-0.15, -0.1) is 0 Å². The summed E-state index contributed by atoms with van der Waals surface area (Å²) in [6, 6.07) is 4.21. The normalized spacial score (nSPS) is 14.5. The molecule has 1 aliphatic rings. The van der Waals surface area contributed by atoms with E-state index in [9.17, 15) is 14.0 Å². The number of carbonyl (C=O) groups is 1. The lowest BCUT2D eigenvalue weighted by molar-refractivity contribution is 0.0741. The molecular weight excluding hydrogens is 423 g/mol. The standard InChI is InChI=1S/C21H24ClFN6O2/c1-4-8-29-20(31)18-17(13(2)25-26(18)3)24-21(29)28-11-9-27(10-12-28)19(30)16-14(22)6-5-7-15(16)23/h5-7H,4,8-12H2,1-3H3. The molecule has 2 aromatic heterocycles. The zero-order chi connectivity index (χ0) is 22.3. The van der Waals surface area contributed by atoms with Gasteiger partial charge in [-0.1, -0.05) is 24.6 Å². The van der Waals surface area contributed by atoms with E-state index in [0.717, 1.165) is 6.42 Å². The van der Waals surface area contributed by atoms with Crippen molar-refractivity contribution in [3.8, 4) is 0 Å². The van der Waals surface area contributed by atoms with E-state index in [1.165, 1.54) is 18.2 Å². The first-order chi connectivity index (χ1) is 14.8. The van der Waals surface area contributed by atoms with Gasteiger partial charge in [-0.25, -0.2) is 9.37 Å². The highest BCUT2D eigenvalue weighted by Crippen LogP contribution is 2.23. The Bertz CT molecular complexity index is 1190. The van der Waals surface area contributed by atoms with Gasteiger partial charge < -0.3 is 9.80 Å². The minimum absolute atomic E-state index is 0.100. The number of piperazine rings is 1. The first-order valence-corrected chi connectivity index (χ1v) is 10.6. The third kappa shape index (κ3) is 3.67. The number of benzene rings is 1. The Labute approximate surface area is 183 Å². The molecule has 8 nitrogen and oxygen atoms in total. The Hall–Kier alpha value is -2.94. The topological polar surface area (TPSA) is 76.3 Å². The largest absolute Gasteiger partial charge is 0.339 e. The van der Waals surface area contributed by atoms with Crippen LogP contribution in [0, 0.1) is 12.7 Å². The predicted molar refractivity (Wildman–Crippen MR) is 117 cm³/mol. The molecule has 1 amide bonds. The van der Waals surface area contributed by atoms with Gasteiger partial charge in [0.05, 0.1) is 16.3 Å². The Kier molecular flexibility index (Phi) is 5.70. The molecule has 1 saturated heterocycles. The zero-order valence-electron chi connectivity index (χ0n) is 17.7. The number of hydrogen-bond acceptors (Lipinski definition) is 5. The molecule has 164 valence electrons. The molecule has 0 aliphatic carbocycles. The van der Waals surface area contributed by atoms with E-state index in [4.69, 9.17) is 16.6 Å². The fourth-order valence-electron chi connectivity index (χ4n) is 4.04. The molecule has 0 spiro atoms. The number of amides is 1. The van der Waals surface area contributed by atoms with Gasteiger partial charge in [0.15, 0.2) is 5.52 Å². The van der Waals surface area contributed by atoms with E-state index in [1.807, 2.05) is 18.7 Å². The van der Waals surface area contributed by atoms with E-state index in [-0.39, 0.29) is 16.1 Å². The fraction of sp³-hybridized carbons (Fsp3) is 0.429. The molecule has 31 heavy (non-hydrogen) atoms. The highest BCUT2D eigenvalue weighted by atomic mass is 35.5. The lowest BCUT2D eigenvalue weighted by Crippen LogP contribution is -2.50. The van der Waals surface area contributed by atoms with Crippen molar-refractivity contribution in [3.63, 3.8) is 0 Å². The third-order valence-electron chi connectivity index (χ3n) is 5.57. The van der Waals surface area contributed by atoms with Crippen LogP contribution in [0.5, 0.6) is 0 Å². The van der Waals surface area contributed by atoms with Gasteiger partial charge in [0, 0.05) is 39.8 Å². The molecule has 1 fully saturated rings. The van der Waals surface area contributed by atoms with Crippen molar-refractivity contribution in [2.75, 3.05) is 31.1 Å². The summed E-state index contributed by atoms with van der Waals surface area (Å²) in [4.78, 5) is 34.3. The quantitative estimate of drug-likeness (QED) is 0.615. The summed E-state index contributed by atoms with van der Waals surface area (Å²) in [6.45, 7) is 6.05. The number of halogens is 2. The van der Waals surface area contributed by atoms with Gasteiger partial charge in [0.1, 0.15) is 11.3 Å². The summed E-state index contributed by atoms with van der Waals surface area (Å²) in [7, 11) is 1.74. The average Bonchev–Trinajstić information content (AvgIpc) is 3.03. The van der Waals surface area contributed by atoms with Crippen LogP contribution >= 0.6 is 11.6 Å². The van der Waals surface area contributed by atoms with Gasteiger partial charge in [0.2, 0.25) is 5.95 Å². The van der Waals surface area contributed by atoms with Crippen molar-refractivity contribution in [3.05, 3.63) is 50.7 Å². The monoisotopic (exact) mass is 446 g/mol. The summed E-state index contributed by atoms with van der Waals surface area (Å²) < 4.78 is 17.4. The van der Waals surface area contributed by atoms with Crippen LogP contribution in [0.25, 0.3) is 11.0 Å². The summed E-state index contributed by atoms with van der Waals surface area (Å²) >= 11 is 6.06. The second-order valence-corrected chi connectivity index (χ2v) is 8.06. The van der Waals surface area contributed by atoms with Crippen LogP contribution < -0.4 is 10.5 Å². The van der Waals surface area contributed by atoms with Gasteiger partial charge in [-0.05, 0) is 25.5 Å². The van der Waals surface area contributed by atoms with Gasteiger partial charge >= 0.3 is 0 Å². The molecule has 0 saturated carbocycles. The fourth-order valence-corrected chi connectivity index (χ4v) is 4.28. The molecule has 4 rings (SSSR count). The van der Waals surface area contributed by atoms with Crippen LogP contribution in [0.4, 0.5) is 10.3 Å². The van der Waals surface area contributed by atoms with Gasteiger partial charge in [-0.3, -0.25) is 18.8 Å². The Morgan fingerprint density at radius 3 is 2.58 bits per heavy atom. The maximum Gasteiger partial charge on any atom is 0.281 e. The second kappa shape index (κ2) is 8.30. The number of rotatable bonds is 4. The number of fused-ring (bicyclic) bond motifs is 1. The second-order valence-electron chi connectivity index (χ2n) is 7.65. The van der Waals surface area contributed by atoms with E-state index >= 15 is 0 Å². The molecule has 1 aromatic carbocycles. The number of hydrogen-bond donors (Lipinski definition) is 0. The smallest absolute Gasteiger partial charge is 0.281 e. The minimum atomic E-state index is -0.629. The molecule has 3 heterocycles. The van der Waals surface area contributed by atoms with Crippen LogP contribution in [0.1, 0.15) is 29.4 Å². The molecule has 0 N–H and O–H groups in total. The maximum atomic E-state index is 14.2. The number of nitrogens with zero attached hydrogens (tertiary/aromatic N) is 6. The van der Waals surface area contributed by atoms with E-state index in [2.05, 4.69) is 5.10 Å². The summed E-state index contributed by atoms with van der Waals surface area (Å²) in [6.07, 6.45) is 0.779. The molecule has 10 heteroatoms. The minimum Gasteiger partial charge on any atom is -0.339 e. The van der Waals surface area contributed by atoms with Crippen molar-refractivity contribution < 1.29 is 9.18 Å². The third-order valence-corrected chi connectivity index (χ3v) is 5.88. The summed E-state index contributed by atoms with van der Waals surface area (Å²) in [5, 5.41) is 4.45. The number of carbonyl (C=O) groups excluding carboxylic acids is 1. The van der Waals surface area contributed by atoms with Crippen LogP contribution in [0.2, 0.25) is 5.02 Å². The molecule has 0 unspecified atom stereocenters. The van der Waals surface area contributed by atoms with Gasteiger partial charge in [0.25, 0.3) is 11.5 Å². The Balaban J connectivity index is 1.63. The lowest BCUT2D eigenvalue weighted by atomic mass is 10.1. The van der Waals surface area contributed by atoms with Crippen molar-refractivity contribution in [2.24, 2.45) is 7.05 Å². The molecular formula is C21H24ClFN6O2. The number of anilines is 1. The summed E-state index contributed by atoms with van der Waals surface area (Å²) in [5.41, 5.74) is 1.54. The highest BCUT2D eigenvalue weighted by molar-refractivity contribution is 6.33. The molecule has 0 atom stereocenters. The molecule has 3 aromatic rings. The summed E-state index contributed by atoms with van der Waals surface area (Å²) in [5.74, 6) is -0.484. The first-order valence-electron chi connectivity index (χ1n) is 10.3. The van der Waals surface area contributed by atoms with Crippen molar-refractivity contribution in [2.45, 2.75) is 26.8 Å². The zero-order valence-corrected chi connectivity index (χ0v) is 18.5. The van der Waals surface area contributed by atoms with E-state index < -0.39 is 11.7 Å². The Morgan fingerprint density at radius 1 is 1.23 bits per heavy atom. The average molecular weight is 447 g/mol. The van der Waals surface area contributed by atoms with Crippen LogP contribution in [0.15, 0.2) is 23.0 Å². The van der Waals surface area contributed by atoms with Crippen LogP contribution in [-0.2, 0) is 13.6 Å². The highest BCUT2D eigenvalue weighted by Gasteiger charge is 2.28. The molecule has 0 radical (unpaired) electrons. The van der Waals surface area contributed by atoms with Crippen LogP contribution in [0.3, 0.4) is 0 Å². The number of aromatic nitrogens is 4. The van der Waals surface area contributed by atoms with Gasteiger partial charge in [-0.2, -0.15) is 5.10 Å².